The molecule has 0 amide bonds. The highest BCUT2D eigenvalue weighted by atomic mass is 15.0. The summed E-state index contributed by atoms with van der Waals surface area (Å²) in [6, 6.07) is 14.3. The van der Waals surface area contributed by atoms with Crippen LogP contribution in [-0.2, 0) is 6.42 Å². The predicted octanol–water partition coefficient (Wildman–Crippen LogP) is 3.31. The molecule has 1 aliphatic carbocycles. The number of nitrogen functional groups attached to an aromatic ring is 1. The second-order valence-electron chi connectivity index (χ2n) is 5.44. The van der Waals surface area contributed by atoms with E-state index in [1.807, 2.05) is 30.3 Å². The molecular weight excluding hydrogens is 260 g/mol. The van der Waals surface area contributed by atoms with Gasteiger partial charge in [-0.3, -0.25) is 4.98 Å². The molecule has 1 atom stereocenters. The molecule has 104 valence electrons. The summed E-state index contributed by atoms with van der Waals surface area (Å²) in [7, 11) is 0. The molecular formula is C17H16N4. The average Bonchev–Trinajstić information content (AvgIpc) is 2.89. The lowest BCUT2D eigenvalue weighted by atomic mass is 10.1. The minimum Gasteiger partial charge on any atom is -0.399 e. The Morgan fingerprint density at radius 2 is 1.95 bits per heavy atom. The number of para-hydroxylation sites is 2. The molecule has 4 heteroatoms. The van der Waals surface area contributed by atoms with E-state index >= 15 is 0 Å². The number of anilines is 2. The van der Waals surface area contributed by atoms with Gasteiger partial charge in [-0.1, -0.05) is 18.2 Å². The first-order chi connectivity index (χ1) is 10.3. The summed E-state index contributed by atoms with van der Waals surface area (Å²) in [5, 5.41) is 3.49. The van der Waals surface area contributed by atoms with Gasteiger partial charge in [0.25, 0.3) is 0 Å². The maximum Gasteiger partial charge on any atom is 0.145 e. The van der Waals surface area contributed by atoms with Crippen LogP contribution >= 0.6 is 0 Å². The molecule has 4 rings (SSSR count). The van der Waals surface area contributed by atoms with Crippen LogP contribution in [0.1, 0.15) is 23.6 Å². The van der Waals surface area contributed by atoms with Gasteiger partial charge >= 0.3 is 0 Å². The second kappa shape index (κ2) is 4.74. The van der Waals surface area contributed by atoms with Crippen LogP contribution in [0.5, 0.6) is 0 Å². The topological polar surface area (TPSA) is 63.8 Å². The fraction of sp³-hybridized carbons (Fsp3) is 0.176. The third kappa shape index (κ3) is 2.18. The molecule has 0 bridgehead atoms. The maximum atomic E-state index is 5.85. The Bertz CT molecular complexity index is 813. The Kier molecular flexibility index (Phi) is 2.74. The van der Waals surface area contributed by atoms with Crippen molar-refractivity contribution in [2.24, 2.45) is 0 Å². The zero-order valence-electron chi connectivity index (χ0n) is 11.6. The van der Waals surface area contributed by atoms with Crippen molar-refractivity contribution in [3.63, 3.8) is 0 Å². The average molecular weight is 276 g/mol. The predicted molar refractivity (Wildman–Crippen MR) is 85.1 cm³/mol. The molecule has 4 nitrogen and oxygen atoms in total. The number of aryl methyl sites for hydroxylation is 1. The van der Waals surface area contributed by atoms with Crippen LogP contribution in [0.2, 0.25) is 0 Å². The number of benzene rings is 2. The van der Waals surface area contributed by atoms with E-state index in [-0.39, 0.29) is 6.04 Å². The van der Waals surface area contributed by atoms with Gasteiger partial charge in [0.15, 0.2) is 0 Å². The van der Waals surface area contributed by atoms with Crippen molar-refractivity contribution in [1.82, 2.24) is 9.97 Å². The van der Waals surface area contributed by atoms with E-state index in [1.165, 1.54) is 11.1 Å². The summed E-state index contributed by atoms with van der Waals surface area (Å²) >= 11 is 0. The second-order valence-corrected chi connectivity index (χ2v) is 5.44. The van der Waals surface area contributed by atoms with Gasteiger partial charge in [0, 0.05) is 5.69 Å². The molecule has 1 aliphatic rings. The number of aromatic nitrogens is 2. The van der Waals surface area contributed by atoms with Gasteiger partial charge in [-0.25, -0.2) is 4.98 Å². The van der Waals surface area contributed by atoms with Crippen LogP contribution in [0.3, 0.4) is 0 Å². The lowest BCUT2D eigenvalue weighted by Crippen LogP contribution is -2.08. The van der Waals surface area contributed by atoms with Crippen molar-refractivity contribution in [3.8, 4) is 0 Å². The maximum absolute atomic E-state index is 5.85. The third-order valence-corrected chi connectivity index (χ3v) is 4.02. The van der Waals surface area contributed by atoms with E-state index in [0.717, 1.165) is 35.4 Å². The van der Waals surface area contributed by atoms with E-state index < -0.39 is 0 Å². The van der Waals surface area contributed by atoms with Crippen LogP contribution < -0.4 is 11.1 Å². The third-order valence-electron chi connectivity index (χ3n) is 4.02. The van der Waals surface area contributed by atoms with E-state index in [4.69, 9.17) is 5.73 Å². The van der Waals surface area contributed by atoms with Crippen molar-refractivity contribution in [1.29, 1.82) is 0 Å². The zero-order valence-corrected chi connectivity index (χ0v) is 11.6. The summed E-state index contributed by atoms with van der Waals surface area (Å²) in [6.45, 7) is 0. The lowest BCUT2D eigenvalue weighted by molar-refractivity contribution is 0.757. The van der Waals surface area contributed by atoms with Gasteiger partial charge in [-0.15, -0.1) is 0 Å². The first-order valence-electron chi connectivity index (χ1n) is 7.16. The van der Waals surface area contributed by atoms with Crippen molar-refractivity contribution < 1.29 is 0 Å². The first-order valence-corrected chi connectivity index (χ1v) is 7.16. The van der Waals surface area contributed by atoms with Gasteiger partial charge in [0.1, 0.15) is 5.82 Å². The minimum atomic E-state index is 0.288. The van der Waals surface area contributed by atoms with Crippen molar-refractivity contribution in [2.75, 3.05) is 11.1 Å². The Balaban J connectivity index is 1.64. The molecule has 3 N–H and O–H groups in total. The molecule has 0 aliphatic heterocycles. The van der Waals surface area contributed by atoms with Crippen LogP contribution in [0, 0.1) is 0 Å². The Labute approximate surface area is 123 Å². The highest BCUT2D eigenvalue weighted by molar-refractivity contribution is 5.75. The SMILES string of the molecule is Nc1ccc2c(c1)CCC2Nc1cnc2ccccc2n1. The van der Waals surface area contributed by atoms with Crippen LogP contribution in [0.4, 0.5) is 11.5 Å². The Morgan fingerprint density at radius 3 is 2.86 bits per heavy atom. The smallest absolute Gasteiger partial charge is 0.145 e. The number of hydrogen-bond acceptors (Lipinski definition) is 4. The fourth-order valence-electron chi connectivity index (χ4n) is 2.99. The van der Waals surface area contributed by atoms with Crippen LogP contribution in [0.15, 0.2) is 48.7 Å². The zero-order chi connectivity index (χ0) is 14.2. The summed E-state index contributed by atoms with van der Waals surface area (Å²) in [5.41, 5.74) is 11.2. The van der Waals surface area contributed by atoms with Crippen molar-refractivity contribution in [2.45, 2.75) is 18.9 Å². The van der Waals surface area contributed by atoms with E-state index in [1.54, 1.807) is 6.20 Å². The van der Waals surface area contributed by atoms with Gasteiger partial charge in [-0.2, -0.15) is 0 Å². The molecule has 1 heterocycles. The van der Waals surface area contributed by atoms with Gasteiger partial charge in [0.2, 0.25) is 0 Å². The molecule has 0 saturated carbocycles. The molecule has 1 aromatic heterocycles. The molecule has 2 aromatic carbocycles. The van der Waals surface area contributed by atoms with E-state index in [9.17, 15) is 0 Å². The fourth-order valence-corrected chi connectivity index (χ4v) is 2.99. The highest BCUT2D eigenvalue weighted by Crippen LogP contribution is 2.34. The summed E-state index contributed by atoms with van der Waals surface area (Å²) in [4.78, 5) is 9.08. The van der Waals surface area contributed by atoms with Crippen LogP contribution in [0.25, 0.3) is 11.0 Å². The summed E-state index contributed by atoms with van der Waals surface area (Å²) in [6.07, 6.45) is 3.92. The van der Waals surface area contributed by atoms with E-state index in [2.05, 4.69) is 27.4 Å². The standard InChI is InChI=1S/C17H16N4/c18-12-6-7-13-11(9-12)5-8-14(13)20-17-10-19-15-3-1-2-4-16(15)21-17/h1-4,6-7,9-10,14H,5,8,18H2,(H,20,21). The lowest BCUT2D eigenvalue weighted by Gasteiger charge is -2.15. The molecule has 3 aromatic rings. The normalized spacial score (nSPS) is 16.9. The molecule has 1 unspecified atom stereocenters. The molecule has 0 fully saturated rings. The Hall–Kier alpha value is -2.62. The van der Waals surface area contributed by atoms with Gasteiger partial charge in [-0.05, 0) is 48.2 Å². The number of nitrogens with two attached hydrogens (primary N) is 1. The first kappa shape index (κ1) is 12.1. The number of hydrogen-bond donors (Lipinski definition) is 2. The molecule has 0 radical (unpaired) electrons. The summed E-state index contributed by atoms with van der Waals surface area (Å²) in [5.74, 6) is 0.823. The van der Waals surface area contributed by atoms with Gasteiger partial charge < -0.3 is 11.1 Å². The number of nitrogens with one attached hydrogen (secondary N) is 1. The highest BCUT2D eigenvalue weighted by Gasteiger charge is 2.22. The van der Waals surface area contributed by atoms with Gasteiger partial charge in [0.05, 0.1) is 23.3 Å². The summed E-state index contributed by atoms with van der Waals surface area (Å²) < 4.78 is 0. The Morgan fingerprint density at radius 1 is 1.10 bits per heavy atom. The molecule has 21 heavy (non-hydrogen) atoms. The number of rotatable bonds is 2. The number of nitrogens with zero attached hydrogens (tertiary/aromatic N) is 2. The quantitative estimate of drug-likeness (QED) is 0.705. The minimum absolute atomic E-state index is 0.288. The van der Waals surface area contributed by atoms with Crippen molar-refractivity contribution >= 4 is 22.5 Å². The van der Waals surface area contributed by atoms with Crippen molar-refractivity contribution in [3.05, 3.63) is 59.8 Å². The number of fused-ring (bicyclic) bond motifs is 2. The van der Waals surface area contributed by atoms with Crippen LogP contribution in [-0.4, -0.2) is 9.97 Å². The van der Waals surface area contributed by atoms with E-state index in [0.29, 0.717) is 0 Å². The molecule has 0 spiro atoms. The monoisotopic (exact) mass is 276 g/mol. The largest absolute Gasteiger partial charge is 0.399 e. The molecule has 0 saturated heterocycles.